The molecular formula is C21H20Cl2N4O3. The molecule has 1 heterocycles. The number of aromatic nitrogens is 2. The van der Waals surface area contributed by atoms with Crippen LogP contribution in [0.3, 0.4) is 0 Å². The average molecular weight is 447 g/mol. The van der Waals surface area contributed by atoms with Gasteiger partial charge in [-0.25, -0.2) is 14.3 Å². The van der Waals surface area contributed by atoms with E-state index in [4.69, 9.17) is 23.2 Å². The average Bonchev–Trinajstić information content (AvgIpc) is 3.09. The van der Waals surface area contributed by atoms with Crippen LogP contribution in [0.4, 0.5) is 16.3 Å². The first-order valence-electron chi connectivity index (χ1n) is 9.02. The molecule has 0 radical (unpaired) electrons. The van der Waals surface area contributed by atoms with E-state index in [0.29, 0.717) is 22.2 Å². The molecule has 3 N–H and O–H groups in total. The van der Waals surface area contributed by atoms with E-state index >= 15 is 0 Å². The van der Waals surface area contributed by atoms with Gasteiger partial charge in [0, 0.05) is 11.5 Å². The number of benzene rings is 2. The van der Waals surface area contributed by atoms with E-state index in [1.54, 1.807) is 36.4 Å². The Morgan fingerprint density at radius 2 is 1.73 bits per heavy atom. The van der Waals surface area contributed by atoms with Crippen molar-refractivity contribution in [3.8, 4) is 5.69 Å². The molecule has 3 rings (SSSR count). The van der Waals surface area contributed by atoms with E-state index in [9.17, 15) is 14.7 Å². The summed E-state index contributed by atoms with van der Waals surface area (Å²) in [6.45, 7) is 5.97. The highest BCUT2D eigenvalue weighted by Crippen LogP contribution is 2.30. The number of hydrogen-bond acceptors (Lipinski definition) is 3. The molecule has 0 aliphatic rings. The molecule has 0 aliphatic carbocycles. The van der Waals surface area contributed by atoms with Crippen LogP contribution >= 0.6 is 23.2 Å². The van der Waals surface area contributed by atoms with E-state index in [1.165, 1.54) is 16.8 Å². The second-order valence-electron chi connectivity index (χ2n) is 7.61. The molecule has 156 valence electrons. The Bertz CT molecular complexity index is 1120. The van der Waals surface area contributed by atoms with Crippen molar-refractivity contribution >= 4 is 46.7 Å². The van der Waals surface area contributed by atoms with Crippen LogP contribution < -0.4 is 10.6 Å². The predicted molar refractivity (Wildman–Crippen MR) is 118 cm³/mol. The van der Waals surface area contributed by atoms with Crippen LogP contribution in [-0.4, -0.2) is 26.9 Å². The summed E-state index contributed by atoms with van der Waals surface area (Å²) in [6, 6.07) is 12.4. The molecule has 0 aliphatic heterocycles. The molecule has 0 bridgehead atoms. The van der Waals surface area contributed by atoms with Gasteiger partial charge in [0.25, 0.3) is 0 Å². The van der Waals surface area contributed by atoms with Gasteiger partial charge in [-0.15, -0.1) is 0 Å². The third-order valence-corrected chi connectivity index (χ3v) is 5.08. The highest BCUT2D eigenvalue weighted by Gasteiger charge is 2.22. The van der Waals surface area contributed by atoms with Crippen molar-refractivity contribution in [3.05, 3.63) is 69.8 Å². The van der Waals surface area contributed by atoms with E-state index in [-0.39, 0.29) is 16.0 Å². The van der Waals surface area contributed by atoms with Crippen LogP contribution in [0.5, 0.6) is 0 Å². The third kappa shape index (κ3) is 4.75. The van der Waals surface area contributed by atoms with Crippen molar-refractivity contribution in [2.75, 3.05) is 10.6 Å². The molecule has 30 heavy (non-hydrogen) atoms. The fraction of sp³-hybridized carbons (Fsp3) is 0.190. The van der Waals surface area contributed by atoms with Crippen LogP contribution in [0.2, 0.25) is 10.0 Å². The van der Waals surface area contributed by atoms with Crippen molar-refractivity contribution in [3.63, 3.8) is 0 Å². The summed E-state index contributed by atoms with van der Waals surface area (Å²) < 4.78 is 1.49. The first-order valence-corrected chi connectivity index (χ1v) is 9.78. The second-order valence-corrected chi connectivity index (χ2v) is 8.40. The maximum Gasteiger partial charge on any atom is 0.335 e. The summed E-state index contributed by atoms with van der Waals surface area (Å²) in [7, 11) is 0. The number of nitrogens with zero attached hydrogens (tertiary/aromatic N) is 2. The largest absolute Gasteiger partial charge is 0.478 e. The minimum absolute atomic E-state index is 0.112. The third-order valence-electron chi connectivity index (χ3n) is 4.26. The van der Waals surface area contributed by atoms with Gasteiger partial charge in [0.1, 0.15) is 5.82 Å². The normalized spacial score (nSPS) is 11.2. The van der Waals surface area contributed by atoms with Crippen LogP contribution in [0.1, 0.15) is 36.8 Å². The maximum atomic E-state index is 12.6. The van der Waals surface area contributed by atoms with Gasteiger partial charge in [-0.2, -0.15) is 5.10 Å². The highest BCUT2D eigenvalue weighted by atomic mass is 35.5. The molecule has 2 aromatic carbocycles. The van der Waals surface area contributed by atoms with Gasteiger partial charge < -0.3 is 10.4 Å². The summed E-state index contributed by atoms with van der Waals surface area (Å²) in [5, 5.41) is 19.8. The van der Waals surface area contributed by atoms with E-state index in [2.05, 4.69) is 15.7 Å². The lowest BCUT2D eigenvalue weighted by Crippen LogP contribution is -2.21. The van der Waals surface area contributed by atoms with Crippen molar-refractivity contribution in [1.82, 2.24) is 9.78 Å². The van der Waals surface area contributed by atoms with E-state index in [0.717, 1.165) is 5.69 Å². The quantitative estimate of drug-likeness (QED) is 0.470. The Morgan fingerprint density at radius 1 is 1.03 bits per heavy atom. The van der Waals surface area contributed by atoms with E-state index in [1.807, 2.05) is 20.8 Å². The van der Waals surface area contributed by atoms with Crippen molar-refractivity contribution in [1.29, 1.82) is 0 Å². The first-order chi connectivity index (χ1) is 14.1. The standard InChI is InChI=1S/C21H20Cl2N4O3/c1-21(2,3)16-11-17(25-20(30)24-15-9-5-8-14(22)18(15)23)27(26-16)13-7-4-6-12(10-13)19(28)29/h4-11H,1-3H3,(H,28,29)(H2,24,25,30). The number of carbonyl (C=O) groups excluding carboxylic acids is 1. The Kier molecular flexibility index (Phi) is 6.05. The Labute approximate surface area is 183 Å². The van der Waals surface area contributed by atoms with Crippen LogP contribution in [-0.2, 0) is 5.41 Å². The number of carboxylic acids is 1. The molecule has 9 heteroatoms. The zero-order chi connectivity index (χ0) is 22.1. The SMILES string of the molecule is CC(C)(C)c1cc(NC(=O)Nc2cccc(Cl)c2Cl)n(-c2cccc(C(=O)O)c2)n1. The summed E-state index contributed by atoms with van der Waals surface area (Å²) in [5.74, 6) is -0.680. The Morgan fingerprint density at radius 3 is 2.40 bits per heavy atom. The number of nitrogens with one attached hydrogen (secondary N) is 2. The maximum absolute atomic E-state index is 12.6. The van der Waals surface area contributed by atoms with Crippen LogP contribution in [0.15, 0.2) is 48.5 Å². The molecule has 0 saturated heterocycles. The fourth-order valence-electron chi connectivity index (χ4n) is 2.67. The van der Waals surface area contributed by atoms with Crippen molar-refractivity contribution < 1.29 is 14.7 Å². The van der Waals surface area contributed by atoms with Crippen molar-refractivity contribution in [2.45, 2.75) is 26.2 Å². The number of hydrogen-bond donors (Lipinski definition) is 3. The van der Waals surface area contributed by atoms with Gasteiger partial charge in [-0.3, -0.25) is 5.32 Å². The van der Waals surface area contributed by atoms with Crippen molar-refractivity contribution in [2.24, 2.45) is 0 Å². The lowest BCUT2D eigenvalue weighted by molar-refractivity contribution is 0.0697. The van der Waals surface area contributed by atoms with Gasteiger partial charge in [0.2, 0.25) is 0 Å². The van der Waals surface area contributed by atoms with Gasteiger partial charge >= 0.3 is 12.0 Å². The molecule has 0 spiro atoms. The molecule has 3 aromatic rings. The Hall–Kier alpha value is -3.03. The fourth-order valence-corrected chi connectivity index (χ4v) is 3.02. The number of carboxylic acid groups (broad SMARTS) is 1. The summed E-state index contributed by atoms with van der Waals surface area (Å²) in [6.07, 6.45) is 0. The number of anilines is 2. The van der Waals surface area contributed by atoms with Gasteiger partial charge in [-0.1, -0.05) is 56.1 Å². The number of urea groups is 1. The molecule has 0 saturated carbocycles. The predicted octanol–water partition coefficient (Wildman–Crippen LogP) is 5.82. The number of carbonyl (C=O) groups is 2. The topological polar surface area (TPSA) is 96.2 Å². The minimum Gasteiger partial charge on any atom is -0.478 e. The highest BCUT2D eigenvalue weighted by molar-refractivity contribution is 6.44. The molecule has 1 aromatic heterocycles. The lowest BCUT2D eigenvalue weighted by atomic mass is 9.92. The summed E-state index contributed by atoms with van der Waals surface area (Å²) in [4.78, 5) is 23.9. The monoisotopic (exact) mass is 446 g/mol. The van der Waals surface area contributed by atoms with Gasteiger partial charge in [0.05, 0.1) is 32.7 Å². The second kappa shape index (κ2) is 8.38. The van der Waals surface area contributed by atoms with Crippen LogP contribution in [0, 0.1) is 0 Å². The first kappa shape index (κ1) is 21.7. The summed E-state index contributed by atoms with van der Waals surface area (Å²) >= 11 is 12.1. The summed E-state index contributed by atoms with van der Waals surface area (Å²) in [5.41, 5.74) is 1.40. The van der Waals surface area contributed by atoms with E-state index < -0.39 is 12.0 Å². The molecule has 2 amide bonds. The minimum atomic E-state index is -1.05. The number of aromatic carboxylic acids is 1. The zero-order valence-electron chi connectivity index (χ0n) is 16.5. The molecule has 0 fully saturated rings. The number of amides is 2. The lowest BCUT2D eigenvalue weighted by Gasteiger charge is -2.14. The smallest absolute Gasteiger partial charge is 0.335 e. The molecule has 0 atom stereocenters. The zero-order valence-corrected chi connectivity index (χ0v) is 18.0. The van der Waals surface area contributed by atoms with Crippen LogP contribution in [0.25, 0.3) is 5.69 Å². The van der Waals surface area contributed by atoms with Gasteiger partial charge in [0.15, 0.2) is 0 Å². The molecule has 7 nitrogen and oxygen atoms in total. The number of halogens is 2. The Balaban J connectivity index is 1.96. The molecular weight excluding hydrogens is 427 g/mol. The van der Waals surface area contributed by atoms with Gasteiger partial charge in [-0.05, 0) is 30.3 Å². The molecule has 0 unspecified atom stereocenters. The number of rotatable bonds is 4.